The highest BCUT2D eigenvalue weighted by Gasteiger charge is 2.13. The molecule has 1 amide bonds. The summed E-state index contributed by atoms with van der Waals surface area (Å²) in [5, 5.41) is 9.25. The van der Waals surface area contributed by atoms with Crippen LogP contribution in [0.1, 0.15) is 22.8 Å². The average molecular weight is 444 g/mol. The van der Waals surface area contributed by atoms with Gasteiger partial charge >= 0.3 is 0 Å². The van der Waals surface area contributed by atoms with Gasteiger partial charge in [-0.2, -0.15) is 5.10 Å². The number of H-pyrrole nitrogens is 1. The molecule has 3 rings (SSSR count). The van der Waals surface area contributed by atoms with Crippen molar-refractivity contribution in [2.45, 2.75) is 24.5 Å². The first-order valence-corrected chi connectivity index (χ1v) is 11.2. The molecule has 2 N–H and O–H groups in total. The van der Waals surface area contributed by atoms with E-state index in [-0.39, 0.29) is 18.6 Å². The Kier molecular flexibility index (Phi) is 7.80. The summed E-state index contributed by atoms with van der Waals surface area (Å²) in [6.07, 6.45) is 2.98. The number of benzene rings is 2. The minimum Gasteiger partial charge on any atom is -0.489 e. The fraction of sp³-hybridized carbons (Fsp3) is 0.273. The number of hydrogen-bond donors (Lipinski definition) is 2. The Morgan fingerprint density at radius 3 is 2.55 bits per heavy atom. The van der Waals surface area contributed by atoms with Gasteiger partial charge < -0.3 is 19.5 Å². The van der Waals surface area contributed by atoms with Gasteiger partial charge in [0.15, 0.2) is 0 Å². The van der Waals surface area contributed by atoms with Gasteiger partial charge in [0.1, 0.15) is 30.0 Å². The number of ether oxygens (including phenoxy) is 3. The predicted octanol–water partition coefficient (Wildman–Crippen LogP) is 3.39. The summed E-state index contributed by atoms with van der Waals surface area (Å²) in [7, 11) is 0.570. The number of carbonyl (C=O) groups is 1. The number of anilines is 1. The van der Waals surface area contributed by atoms with Crippen LogP contribution >= 0.6 is 0 Å². The Hall–Kier alpha value is -3.17. The molecule has 0 radical (unpaired) electrons. The maximum absolute atomic E-state index is 12.7. The lowest BCUT2D eigenvalue weighted by Crippen LogP contribution is -2.19. The Balaban J connectivity index is 1.78. The maximum Gasteiger partial charge on any atom is 0.257 e. The third-order valence-electron chi connectivity index (χ3n) is 4.29. The van der Waals surface area contributed by atoms with Crippen LogP contribution in [0.4, 0.5) is 5.82 Å². The highest BCUT2D eigenvalue weighted by molar-refractivity contribution is 7.84. The number of amides is 1. The molecule has 3 aromatic rings. The molecule has 2 aromatic carbocycles. The molecule has 0 aliphatic carbocycles. The van der Waals surface area contributed by atoms with Crippen LogP contribution in [0.25, 0.3) is 0 Å². The van der Waals surface area contributed by atoms with Crippen molar-refractivity contribution >= 4 is 22.5 Å². The molecule has 0 fully saturated rings. The van der Waals surface area contributed by atoms with E-state index in [1.54, 1.807) is 43.8 Å². The third-order valence-corrected chi connectivity index (χ3v) is 5.23. The van der Waals surface area contributed by atoms with Gasteiger partial charge in [-0.05, 0) is 36.8 Å². The number of carbonyl (C=O) groups excluding carboxylic acids is 1. The predicted molar refractivity (Wildman–Crippen MR) is 118 cm³/mol. The van der Waals surface area contributed by atoms with Crippen LogP contribution in [0.5, 0.6) is 11.5 Å². The largest absolute Gasteiger partial charge is 0.489 e. The van der Waals surface area contributed by atoms with Crippen LogP contribution < -0.4 is 14.8 Å². The van der Waals surface area contributed by atoms with Crippen molar-refractivity contribution < 1.29 is 23.2 Å². The molecule has 164 valence electrons. The Morgan fingerprint density at radius 2 is 1.90 bits per heavy atom. The lowest BCUT2D eigenvalue weighted by Gasteiger charge is -2.16. The smallest absolute Gasteiger partial charge is 0.257 e. The standard InChI is InChI=1S/C22H25N3O5S/c1-15(13-28-2)30-19-11-17(22(26)24-21-8-9-23-25-21)10-18(12-19)29-14-16-4-6-20(7-5-16)31(3)27/h4-12,15H,13-14H2,1-3H3,(H2,23,24,25,26)/t15-,31?/m0/s1. The van der Waals surface area contributed by atoms with Gasteiger partial charge in [-0.25, -0.2) is 0 Å². The summed E-state index contributed by atoms with van der Waals surface area (Å²) in [6, 6.07) is 14.0. The van der Waals surface area contributed by atoms with Crippen LogP contribution in [-0.4, -0.2) is 46.4 Å². The third kappa shape index (κ3) is 6.66. The summed E-state index contributed by atoms with van der Waals surface area (Å²) in [5.41, 5.74) is 1.29. The van der Waals surface area contributed by atoms with E-state index in [1.807, 2.05) is 31.2 Å². The fourth-order valence-electron chi connectivity index (χ4n) is 2.82. The topological polar surface area (TPSA) is 103 Å². The highest BCUT2D eigenvalue weighted by atomic mass is 32.2. The van der Waals surface area contributed by atoms with E-state index in [0.717, 1.165) is 10.5 Å². The van der Waals surface area contributed by atoms with Crippen LogP contribution in [0, 0.1) is 0 Å². The van der Waals surface area contributed by atoms with Gasteiger partial charge in [0.25, 0.3) is 5.91 Å². The molecule has 0 spiro atoms. The lowest BCUT2D eigenvalue weighted by molar-refractivity contribution is 0.0914. The number of hydrogen-bond acceptors (Lipinski definition) is 6. The molecule has 1 aromatic heterocycles. The van der Waals surface area contributed by atoms with Gasteiger partial charge in [-0.3, -0.25) is 14.1 Å². The molecular weight excluding hydrogens is 418 g/mol. The fourth-order valence-corrected chi connectivity index (χ4v) is 3.34. The zero-order valence-corrected chi connectivity index (χ0v) is 18.4. The van der Waals surface area contributed by atoms with Gasteiger partial charge in [-0.1, -0.05) is 12.1 Å². The second-order valence-corrected chi connectivity index (χ2v) is 8.27. The van der Waals surface area contributed by atoms with Crippen molar-refractivity contribution in [1.82, 2.24) is 10.2 Å². The van der Waals surface area contributed by atoms with Gasteiger partial charge in [0.2, 0.25) is 0 Å². The number of nitrogens with one attached hydrogen (secondary N) is 2. The Labute approximate surface area is 183 Å². The molecule has 8 nitrogen and oxygen atoms in total. The summed E-state index contributed by atoms with van der Waals surface area (Å²) in [5.74, 6) is 1.14. The molecule has 0 saturated carbocycles. The summed E-state index contributed by atoms with van der Waals surface area (Å²) in [6.45, 7) is 2.57. The monoisotopic (exact) mass is 443 g/mol. The van der Waals surface area contributed by atoms with E-state index in [2.05, 4.69) is 15.5 Å². The van der Waals surface area contributed by atoms with Crippen molar-refractivity contribution in [3.05, 3.63) is 65.9 Å². The van der Waals surface area contributed by atoms with Crippen LogP contribution in [-0.2, 0) is 22.1 Å². The molecule has 1 heterocycles. The molecule has 1 unspecified atom stereocenters. The van der Waals surface area contributed by atoms with Crippen molar-refractivity contribution in [3.63, 3.8) is 0 Å². The molecule has 0 aliphatic heterocycles. The molecule has 2 atom stereocenters. The zero-order valence-electron chi connectivity index (χ0n) is 17.6. The Morgan fingerprint density at radius 1 is 1.16 bits per heavy atom. The molecular formula is C22H25N3O5S. The normalized spacial score (nSPS) is 12.7. The van der Waals surface area contributed by atoms with Crippen molar-refractivity contribution in [1.29, 1.82) is 0 Å². The molecule has 0 aliphatic rings. The SMILES string of the molecule is COC[C@H](C)Oc1cc(OCc2ccc(S(C)=O)cc2)cc(C(=O)Nc2ccn[nH]2)c1. The molecule has 0 saturated heterocycles. The summed E-state index contributed by atoms with van der Waals surface area (Å²) < 4.78 is 28.4. The molecule has 0 bridgehead atoms. The van der Waals surface area contributed by atoms with E-state index in [0.29, 0.717) is 29.5 Å². The first kappa shape index (κ1) is 22.5. The van der Waals surface area contributed by atoms with Crippen molar-refractivity contribution in [2.24, 2.45) is 0 Å². The number of nitrogens with zero attached hydrogens (tertiary/aromatic N) is 1. The summed E-state index contributed by atoms with van der Waals surface area (Å²) in [4.78, 5) is 13.4. The first-order valence-electron chi connectivity index (χ1n) is 9.61. The van der Waals surface area contributed by atoms with Crippen LogP contribution in [0.15, 0.2) is 59.6 Å². The van der Waals surface area contributed by atoms with Crippen molar-refractivity contribution in [3.8, 4) is 11.5 Å². The number of aromatic nitrogens is 2. The lowest BCUT2D eigenvalue weighted by atomic mass is 10.1. The maximum atomic E-state index is 12.7. The first-order chi connectivity index (χ1) is 14.9. The van der Waals surface area contributed by atoms with E-state index in [1.165, 1.54) is 0 Å². The van der Waals surface area contributed by atoms with Gasteiger partial charge in [0, 0.05) is 46.8 Å². The quantitative estimate of drug-likeness (QED) is 0.498. The van der Waals surface area contributed by atoms with E-state index in [4.69, 9.17) is 14.2 Å². The number of aromatic amines is 1. The van der Waals surface area contributed by atoms with E-state index < -0.39 is 10.8 Å². The molecule has 9 heteroatoms. The van der Waals surface area contributed by atoms with Crippen LogP contribution in [0.2, 0.25) is 0 Å². The minimum absolute atomic E-state index is 0.203. The van der Waals surface area contributed by atoms with Crippen molar-refractivity contribution in [2.75, 3.05) is 25.3 Å². The summed E-state index contributed by atoms with van der Waals surface area (Å²) >= 11 is 0. The van der Waals surface area contributed by atoms with Crippen LogP contribution in [0.3, 0.4) is 0 Å². The van der Waals surface area contributed by atoms with Gasteiger partial charge in [0.05, 0.1) is 12.8 Å². The Bertz CT molecular complexity index is 1020. The van der Waals surface area contributed by atoms with E-state index >= 15 is 0 Å². The zero-order chi connectivity index (χ0) is 22.2. The molecule has 31 heavy (non-hydrogen) atoms. The van der Waals surface area contributed by atoms with E-state index in [9.17, 15) is 9.00 Å². The number of methoxy groups -OCH3 is 1. The average Bonchev–Trinajstić information content (AvgIpc) is 3.25. The number of rotatable bonds is 10. The second-order valence-electron chi connectivity index (χ2n) is 6.89. The highest BCUT2D eigenvalue weighted by Crippen LogP contribution is 2.25. The second kappa shape index (κ2) is 10.7. The van der Waals surface area contributed by atoms with Gasteiger partial charge in [-0.15, -0.1) is 0 Å². The minimum atomic E-state index is -1.03.